The van der Waals surface area contributed by atoms with Crippen LogP contribution in [0.15, 0.2) is 24.6 Å². The van der Waals surface area contributed by atoms with Gasteiger partial charge in [0.05, 0.1) is 6.10 Å². The minimum absolute atomic E-state index is 0.00764. The molecule has 21 heavy (non-hydrogen) atoms. The number of nitrogens with zero attached hydrogens (tertiary/aromatic N) is 1. The molecule has 0 unspecified atom stereocenters. The third-order valence-electron chi connectivity index (χ3n) is 3.07. The molecule has 7 nitrogen and oxygen atoms in total. The third-order valence-corrected chi connectivity index (χ3v) is 3.07. The Hall–Kier alpha value is -1.71. The quantitative estimate of drug-likeness (QED) is 0.526. The average Bonchev–Trinajstić information content (AvgIpc) is 2.61. The van der Waals surface area contributed by atoms with E-state index in [1.807, 2.05) is 0 Å². The van der Waals surface area contributed by atoms with Gasteiger partial charge in [0.2, 0.25) is 6.23 Å². The molecule has 0 aromatic heterocycles. The van der Waals surface area contributed by atoms with Gasteiger partial charge < -0.3 is 26.4 Å². The largest absolute Gasteiger partial charge is 0.399 e. The molecule has 1 rings (SSSR count). The number of amides is 2. The van der Waals surface area contributed by atoms with Crippen molar-refractivity contribution in [2.45, 2.75) is 43.8 Å². The molecule has 9 heteroatoms. The third kappa shape index (κ3) is 3.49. The zero-order valence-electron chi connectivity index (χ0n) is 11.4. The van der Waals surface area contributed by atoms with Gasteiger partial charge in [-0.05, 0) is 12.5 Å². The molecule has 0 radical (unpaired) electrons. The minimum atomic E-state index is -3.81. The van der Waals surface area contributed by atoms with E-state index in [0.29, 0.717) is 4.90 Å². The summed E-state index contributed by atoms with van der Waals surface area (Å²) in [6.07, 6.45) is -5.20. The van der Waals surface area contributed by atoms with Crippen LogP contribution >= 0.6 is 0 Å². The van der Waals surface area contributed by atoms with Crippen LogP contribution in [0.4, 0.5) is 13.6 Å². The second-order valence-electron chi connectivity index (χ2n) is 4.68. The van der Waals surface area contributed by atoms with Crippen molar-refractivity contribution in [2.75, 3.05) is 0 Å². The first-order valence-corrected chi connectivity index (χ1v) is 6.22. The number of nitrogens with two attached hydrogens (primary N) is 2. The molecule has 0 spiro atoms. The summed E-state index contributed by atoms with van der Waals surface area (Å²) < 4.78 is 33.1. The van der Waals surface area contributed by atoms with Gasteiger partial charge in [0.15, 0.2) is 6.10 Å². The summed E-state index contributed by atoms with van der Waals surface area (Å²) in [6, 6.07) is -1.23. The van der Waals surface area contributed by atoms with E-state index < -0.39 is 36.5 Å². The molecule has 120 valence electrons. The molecular weight excluding hydrogens is 288 g/mol. The van der Waals surface area contributed by atoms with Gasteiger partial charge in [-0.3, -0.25) is 4.90 Å². The van der Waals surface area contributed by atoms with Crippen molar-refractivity contribution >= 4 is 6.03 Å². The topological polar surface area (TPSA) is 122 Å². The van der Waals surface area contributed by atoms with Crippen molar-refractivity contribution in [1.29, 1.82) is 0 Å². The van der Waals surface area contributed by atoms with Crippen molar-refractivity contribution < 1.29 is 28.5 Å². The Balaban J connectivity index is 3.08. The maximum absolute atomic E-state index is 14.1. The summed E-state index contributed by atoms with van der Waals surface area (Å²) in [5, 5.41) is 19.2. The Morgan fingerprint density at radius 2 is 2.14 bits per heavy atom. The SMILES string of the molecule is C=C(N)/C=C\N(C(N)=O)[C@@H]1O[C@H]([C@@H](O)CC)[C@@H](O)C1(F)F. The van der Waals surface area contributed by atoms with Crippen molar-refractivity contribution in [3.05, 3.63) is 24.6 Å². The van der Waals surface area contributed by atoms with Gasteiger partial charge in [-0.2, -0.15) is 8.78 Å². The Bertz CT molecular complexity index is 444. The molecule has 0 aliphatic carbocycles. The van der Waals surface area contributed by atoms with E-state index in [4.69, 9.17) is 16.2 Å². The van der Waals surface area contributed by atoms with E-state index in [1.165, 1.54) is 6.92 Å². The Labute approximate surface area is 120 Å². The van der Waals surface area contributed by atoms with Crippen molar-refractivity contribution in [1.82, 2.24) is 4.90 Å². The smallest absolute Gasteiger partial charge is 0.321 e. The molecule has 2 amide bonds. The van der Waals surface area contributed by atoms with Gasteiger partial charge in [-0.25, -0.2) is 4.79 Å². The first-order chi connectivity index (χ1) is 9.62. The van der Waals surface area contributed by atoms with E-state index in [1.54, 1.807) is 0 Å². The Kier molecular flexibility index (Phi) is 5.26. The molecule has 0 aromatic rings. The highest BCUT2D eigenvalue weighted by atomic mass is 19.3. The fourth-order valence-electron chi connectivity index (χ4n) is 1.91. The lowest BCUT2D eigenvalue weighted by atomic mass is 10.0. The van der Waals surface area contributed by atoms with Crippen molar-refractivity contribution in [2.24, 2.45) is 11.5 Å². The number of rotatable bonds is 5. The Morgan fingerprint density at radius 3 is 2.57 bits per heavy atom. The molecule has 1 heterocycles. The molecule has 0 saturated carbocycles. The van der Waals surface area contributed by atoms with Gasteiger partial charge in [0, 0.05) is 11.9 Å². The average molecular weight is 307 g/mol. The molecule has 4 atom stereocenters. The van der Waals surface area contributed by atoms with Gasteiger partial charge >= 0.3 is 12.0 Å². The van der Waals surface area contributed by atoms with Gasteiger partial charge in [0.25, 0.3) is 0 Å². The van der Waals surface area contributed by atoms with Crippen LogP contribution in [0.3, 0.4) is 0 Å². The van der Waals surface area contributed by atoms with Crippen LogP contribution in [-0.2, 0) is 4.74 Å². The first kappa shape index (κ1) is 17.3. The number of carbonyl (C=O) groups excluding carboxylic acids is 1. The zero-order chi connectivity index (χ0) is 16.4. The highest BCUT2D eigenvalue weighted by Gasteiger charge is 2.62. The number of primary amides is 1. The summed E-state index contributed by atoms with van der Waals surface area (Å²) in [4.78, 5) is 11.7. The van der Waals surface area contributed by atoms with Crippen LogP contribution in [-0.4, -0.2) is 51.6 Å². The number of urea groups is 1. The number of hydrogen-bond donors (Lipinski definition) is 4. The maximum atomic E-state index is 14.1. The summed E-state index contributed by atoms with van der Waals surface area (Å²) in [6.45, 7) is 4.85. The number of aliphatic hydroxyl groups is 2. The van der Waals surface area contributed by atoms with Crippen LogP contribution in [0, 0.1) is 0 Å². The number of aliphatic hydroxyl groups excluding tert-OH is 2. The number of halogens is 2. The second-order valence-corrected chi connectivity index (χ2v) is 4.68. The number of alkyl halides is 2. The van der Waals surface area contributed by atoms with Crippen LogP contribution in [0.5, 0.6) is 0 Å². The Morgan fingerprint density at radius 1 is 1.57 bits per heavy atom. The fourth-order valence-corrected chi connectivity index (χ4v) is 1.91. The van der Waals surface area contributed by atoms with Crippen LogP contribution in [0.25, 0.3) is 0 Å². The lowest BCUT2D eigenvalue weighted by Crippen LogP contribution is -2.51. The van der Waals surface area contributed by atoms with Crippen LogP contribution in [0.2, 0.25) is 0 Å². The molecular formula is C12H19F2N3O4. The number of allylic oxidation sites excluding steroid dienone is 1. The first-order valence-electron chi connectivity index (χ1n) is 6.22. The fraction of sp³-hybridized carbons (Fsp3) is 0.583. The summed E-state index contributed by atoms with van der Waals surface area (Å²) in [5.74, 6) is -3.81. The normalized spacial score (nSPS) is 29.5. The summed E-state index contributed by atoms with van der Waals surface area (Å²) in [5.41, 5.74) is 10.3. The lowest BCUT2D eigenvalue weighted by Gasteiger charge is -2.27. The van der Waals surface area contributed by atoms with Gasteiger partial charge in [-0.1, -0.05) is 13.5 Å². The monoisotopic (exact) mass is 307 g/mol. The molecule has 1 saturated heterocycles. The van der Waals surface area contributed by atoms with E-state index >= 15 is 0 Å². The van der Waals surface area contributed by atoms with Crippen LogP contribution < -0.4 is 11.5 Å². The van der Waals surface area contributed by atoms with Crippen LogP contribution in [0.1, 0.15) is 13.3 Å². The number of carbonyl (C=O) groups is 1. The maximum Gasteiger partial charge on any atom is 0.321 e. The number of hydrogen-bond acceptors (Lipinski definition) is 5. The van der Waals surface area contributed by atoms with Crippen molar-refractivity contribution in [3.63, 3.8) is 0 Å². The second kappa shape index (κ2) is 6.37. The summed E-state index contributed by atoms with van der Waals surface area (Å²) in [7, 11) is 0. The predicted octanol–water partition coefficient (Wildman–Crippen LogP) is -0.155. The van der Waals surface area contributed by atoms with Gasteiger partial charge in [-0.15, -0.1) is 0 Å². The lowest BCUT2D eigenvalue weighted by molar-refractivity contribution is -0.145. The molecule has 1 aliphatic heterocycles. The number of ether oxygens (including phenoxy) is 1. The standard InChI is InChI=1S/C12H19F2N3O4/c1-3-7(18)8-9(19)12(13,14)10(21-8)17(11(16)20)5-4-6(2)15/h4-5,7-10,18-19H,2-3,15H2,1H3,(H2,16,20)/b5-4-/t7-,8+,9+,10+/m0/s1. The van der Waals surface area contributed by atoms with E-state index in [0.717, 1.165) is 12.3 Å². The molecule has 0 aromatic carbocycles. The van der Waals surface area contributed by atoms with Gasteiger partial charge in [0.1, 0.15) is 6.10 Å². The van der Waals surface area contributed by atoms with E-state index in [-0.39, 0.29) is 12.1 Å². The molecule has 1 aliphatic rings. The molecule has 1 fully saturated rings. The van der Waals surface area contributed by atoms with Crippen molar-refractivity contribution in [3.8, 4) is 0 Å². The summed E-state index contributed by atoms with van der Waals surface area (Å²) >= 11 is 0. The minimum Gasteiger partial charge on any atom is -0.399 e. The van der Waals surface area contributed by atoms with E-state index in [9.17, 15) is 23.8 Å². The predicted molar refractivity (Wildman–Crippen MR) is 69.8 cm³/mol. The highest BCUT2D eigenvalue weighted by molar-refractivity contribution is 5.73. The molecule has 6 N–H and O–H groups in total. The highest BCUT2D eigenvalue weighted by Crippen LogP contribution is 2.39. The molecule has 0 bridgehead atoms. The zero-order valence-corrected chi connectivity index (χ0v) is 11.4. The van der Waals surface area contributed by atoms with E-state index in [2.05, 4.69) is 6.58 Å².